The molecule has 0 saturated carbocycles. The first-order valence-corrected chi connectivity index (χ1v) is 10.7. The standard InChI is InChI=1S/C26H26N4O2/c1-3-25(31)28-21-11-8-18(9-12-21)14-24-29-22-13-10-20(15-23(22)30-24)26(32)27-16-19-6-4-17(2)5-7-19/h4-13,15H,3,14,16H2,1-2H3,(H,27,32)(H,28,31)(H,29,30). The van der Waals surface area contributed by atoms with E-state index in [9.17, 15) is 9.59 Å². The van der Waals surface area contributed by atoms with E-state index in [1.165, 1.54) is 5.56 Å². The van der Waals surface area contributed by atoms with Crippen LogP contribution in [-0.2, 0) is 17.8 Å². The number of imidazole rings is 1. The maximum atomic E-state index is 12.6. The SMILES string of the molecule is CCC(=O)Nc1ccc(Cc2nc3ccc(C(=O)NCc4ccc(C)cc4)cc3[nH]2)cc1. The molecule has 0 fully saturated rings. The Morgan fingerprint density at radius 1 is 0.938 bits per heavy atom. The van der Waals surface area contributed by atoms with Crippen LogP contribution in [0.25, 0.3) is 11.0 Å². The first-order valence-electron chi connectivity index (χ1n) is 10.7. The molecule has 0 aliphatic carbocycles. The highest BCUT2D eigenvalue weighted by Crippen LogP contribution is 2.18. The lowest BCUT2D eigenvalue weighted by atomic mass is 10.1. The van der Waals surface area contributed by atoms with Crippen LogP contribution in [0.1, 0.15) is 46.2 Å². The molecule has 1 heterocycles. The van der Waals surface area contributed by atoms with Gasteiger partial charge in [-0.15, -0.1) is 0 Å². The van der Waals surface area contributed by atoms with Crippen LogP contribution in [0.4, 0.5) is 5.69 Å². The van der Waals surface area contributed by atoms with Gasteiger partial charge in [-0.2, -0.15) is 0 Å². The summed E-state index contributed by atoms with van der Waals surface area (Å²) in [7, 11) is 0. The Hall–Kier alpha value is -3.93. The number of carbonyl (C=O) groups excluding carboxylic acids is 2. The van der Waals surface area contributed by atoms with Crippen molar-refractivity contribution in [2.45, 2.75) is 33.2 Å². The van der Waals surface area contributed by atoms with Crippen molar-refractivity contribution in [1.29, 1.82) is 0 Å². The van der Waals surface area contributed by atoms with Crippen LogP contribution in [0.3, 0.4) is 0 Å². The minimum Gasteiger partial charge on any atom is -0.348 e. The van der Waals surface area contributed by atoms with Gasteiger partial charge in [-0.05, 0) is 48.4 Å². The van der Waals surface area contributed by atoms with Gasteiger partial charge in [0.15, 0.2) is 0 Å². The summed E-state index contributed by atoms with van der Waals surface area (Å²) >= 11 is 0. The monoisotopic (exact) mass is 426 g/mol. The Labute approximate surface area is 187 Å². The number of nitrogens with zero attached hydrogens (tertiary/aromatic N) is 1. The Morgan fingerprint density at radius 2 is 1.66 bits per heavy atom. The Bertz CT molecular complexity index is 1240. The zero-order valence-corrected chi connectivity index (χ0v) is 18.2. The highest BCUT2D eigenvalue weighted by molar-refractivity contribution is 5.97. The van der Waals surface area contributed by atoms with Crippen LogP contribution in [-0.4, -0.2) is 21.8 Å². The molecule has 6 nitrogen and oxygen atoms in total. The molecule has 0 unspecified atom stereocenters. The molecular formula is C26H26N4O2. The molecule has 6 heteroatoms. The van der Waals surface area contributed by atoms with Gasteiger partial charge in [0.1, 0.15) is 5.82 Å². The van der Waals surface area contributed by atoms with Crippen molar-refractivity contribution in [2.24, 2.45) is 0 Å². The van der Waals surface area contributed by atoms with Gasteiger partial charge < -0.3 is 15.6 Å². The van der Waals surface area contributed by atoms with Crippen LogP contribution >= 0.6 is 0 Å². The number of benzene rings is 3. The van der Waals surface area contributed by atoms with Gasteiger partial charge in [0, 0.05) is 30.6 Å². The third-order valence-electron chi connectivity index (χ3n) is 5.30. The molecule has 0 saturated heterocycles. The number of fused-ring (bicyclic) bond motifs is 1. The van der Waals surface area contributed by atoms with Gasteiger partial charge in [0.25, 0.3) is 5.91 Å². The molecule has 162 valence electrons. The van der Waals surface area contributed by atoms with Crippen molar-refractivity contribution in [2.75, 3.05) is 5.32 Å². The number of aromatic amines is 1. The second-order valence-corrected chi connectivity index (χ2v) is 7.86. The van der Waals surface area contributed by atoms with Crippen molar-refractivity contribution < 1.29 is 9.59 Å². The molecule has 0 atom stereocenters. The highest BCUT2D eigenvalue weighted by Gasteiger charge is 2.10. The van der Waals surface area contributed by atoms with Crippen LogP contribution in [0.5, 0.6) is 0 Å². The van der Waals surface area contributed by atoms with Crippen LogP contribution in [0, 0.1) is 6.92 Å². The molecule has 3 N–H and O–H groups in total. The van der Waals surface area contributed by atoms with Gasteiger partial charge >= 0.3 is 0 Å². The summed E-state index contributed by atoms with van der Waals surface area (Å²) in [4.78, 5) is 32.0. The third-order valence-corrected chi connectivity index (χ3v) is 5.30. The molecule has 0 spiro atoms. The molecule has 0 aliphatic heterocycles. The number of aromatic nitrogens is 2. The fourth-order valence-electron chi connectivity index (χ4n) is 3.43. The fraction of sp³-hybridized carbons (Fsp3) is 0.192. The summed E-state index contributed by atoms with van der Waals surface area (Å²) in [5.74, 6) is 0.699. The number of amides is 2. The van der Waals surface area contributed by atoms with E-state index in [1.54, 1.807) is 6.07 Å². The molecule has 0 radical (unpaired) electrons. The number of hydrogen-bond acceptors (Lipinski definition) is 3. The van der Waals surface area contributed by atoms with E-state index < -0.39 is 0 Å². The lowest BCUT2D eigenvalue weighted by molar-refractivity contribution is -0.115. The smallest absolute Gasteiger partial charge is 0.251 e. The van der Waals surface area contributed by atoms with Gasteiger partial charge in [-0.3, -0.25) is 9.59 Å². The first-order chi connectivity index (χ1) is 15.5. The van der Waals surface area contributed by atoms with Crippen LogP contribution in [0.2, 0.25) is 0 Å². The first kappa shape index (κ1) is 21.3. The lowest BCUT2D eigenvalue weighted by Gasteiger charge is -2.06. The maximum absolute atomic E-state index is 12.6. The molecule has 4 aromatic rings. The molecule has 4 rings (SSSR count). The van der Waals surface area contributed by atoms with E-state index in [2.05, 4.69) is 20.6 Å². The van der Waals surface area contributed by atoms with Gasteiger partial charge in [0.05, 0.1) is 11.0 Å². The zero-order chi connectivity index (χ0) is 22.5. The number of H-pyrrole nitrogens is 1. The molecule has 2 amide bonds. The predicted octanol–water partition coefficient (Wildman–Crippen LogP) is 4.74. The largest absolute Gasteiger partial charge is 0.348 e. The van der Waals surface area contributed by atoms with Crippen molar-refractivity contribution in [3.8, 4) is 0 Å². The minimum absolute atomic E-state index is 0.00580. The summed E-state index contributed by atoms with van der Waals surface area (Å²) in [6.45, 7) is 4.35. The Kier molecular flexibility index (Phi) is 6.31. The van der Waals surface area contributed by atoms with Crippen molar-refractivity contribution in [3.63, 3.8) is 0 Å². The summed E-state index contributed by atoms with van der Waals surface area (Å²) in [6.07, 6.45) is 1.08. The summed E-state index contributed by atoms with van der Waals surface area (Å²) in [5.41, 5.74) is 6.36. The molecule has 3 aromatic carbocycles. The number of nitrogens with one attached hydrogen (secondary N) is 3. The topological polar surface area (TPSA) is 86.9 Å². The van der Waals surface area contributed by atoms with Crippen molar-refractivity contribution in [1.82, 2.24) is 15.3 Å². The van der Waals surface area contributed by atoms with E-state index in [0.717, 1.165) is 33.7 Å². The lowest BCUT2D eigenvalue weighted by Crippen LogP contribution is -2.22. The molecule has 0 bridgehead atoms. The Balaban J connectivity index is 1.41. The fourth-order valence-corrected chi connectivity index (χ4v) is 3.43. The van der Waals surface area contributed by atoms with Crippen LogP contribution in [0.15, 0.2) is 66.7 Å². The second-order valence-electron chi connectivity index (χ2n) is 7.86. The third kappa shape index (κ3) is 5.21. The molecule has 0 aliphatic rings. The van der Waals surface area contributed by atoms with E-state index >= 15 is 0 Å². The number of anilines is 1. The van der Waals surface area contributed by atoms with Crippen molar-refractivity contribution in [3.05, 3.63) is 94.8 Å². The van der Waals surface area contributed by atoms with Gasteiger partial charge in [0.2, 0.25) is 5.91 Å². The Morgan fingerprint density at radius 3 is 2.38 bits per heavy atom. The van der Waals surface area contributed by atoms with E-state index in [1.807, 2.05) is 74.5 Å². The number of rotatable bonds is 7. The number of hydrogen-bond donors (Lipinski definition) is 3. The van der Waals surface area contributed by atoms with E-state index in [4.69, 9.17) is 0 Å². The summed E-state index contributed by atoms with van der Waals surface area (Å²) in [6, 6.07) is 21.3. The minimum atomic E-state index is -0.117. The van der Waals surface area contributed by atoms with Gasteiger partial charge in [-0.1, -0.05) is 48.9 Å². The summed E-state index contributed by atoms with van der Waals surface area (Å²) < 4.78 is 0. The number of aryl methyl sites for hydroxylation is 1. The molecule has 1 aromatic heterocycles. The van der Waals surface area contributed by atoms with Crippen LogP contribution < -0.4 is 10.6 Å². The predicted molar refractivity (Wildman–Crippen MR) is 127 cm³/mol. The quantitative estimate of drug-likeness (QED) is 0.399. The van der Waals surface area contributed by atoms with E-state index in [-0.39, 0.29) is 11.8 Å². The second kappa shape index (κ2) is 9.47. The molecular weight excluding hydrogens is 400 g/mol. The van der Waals surface area contributed by atoms with Crippen molar-refractivity contribution >= 4 is 28.5 Å². The average Bonchev–Trinajstić information content (AvgIpc) is 3.21. The molecule has 32 heavy (non-hydrogen) atoms. The number of carbonyl (C=O) groups is 2. The van der Waals surface area contributed by atoms with E-state index in [0.29, 0.717) is 24.9 Å². The normalized spacial score (nSPS) is 10.8. The average molecular weight is 427 g/mol. The zero-order valence-electron chi connectivity index (χ0n) is 18.2. The summed E-state index contributed by atoms with van der Waals surface area (Å²) in [5, 5.41) is 5.81. The van der Waals surface area contributed by atoms with Gasteiger partial charge in [-0.25, -0.2) is 4.98 Å². The maximum Gasteiger partial charge on any atom is 0.251 e. The highest BCUT2D eigenvalue weighted by atomic mass is 16.2.